The lowest BCUT2D eigenvalue weighted by molar-refractivity contribution is -0.00288. The highest BCUT2D eigenvalue weighted by Crippen LogP contribution is 2.38. The quantitative estimate of drug-likeness (QED) is 0.677. The van der Waals surface area contributed by atoms with E-state index in [9.17, 15) is 0 Å². The van der Waals surface area contributed by atoms with Crippen molar-refractivity contribution in [2.24, 2.45) is 0 Å². The second kappa shape index (κ2) is 4.27. The molecule has 0 amide bonds. The summed E-state index contributed by atoms with van der Waals surface area (Å²) >= 11 is 2.15. The van der Waals surface area contributed by atoms with Crippen LogP contribution in [-0.4, -0.2) is 47.6 Å². The number of hydrogen-bond acceptors (Lipinski definition) is 3. The Balaban J connectivity index is 1.79. The molecule has 0 aromatic carbocycles. The van der Waals surface area contributed by atoms with Crippen molar-refractivity contribution in [3.05, 3.63) is 0 Å². The van der Waals surface area contributed by atoms with E-state index in [4.69, 9.17) is 0 Å². The summed E-state index contributed by atoms with van der Waals surface area (Å²) in [5.74, 6) is 2.72. The van der Waals surface area contributed by atoms with Crippen LogP contribution in [0.15, 0.2) is 0 Å². The molecule has 15 heavy (non-hydrogen) atoms. The van der Waals surface area contributed by atoms with Crippen molar-refractivity contribution in [2.45, 2.75) is 43.7 Å². The highest BCUT2D eigenvalue weighted by atomic mass is 32.2. The minimum absolute atomic E-state index is 0.558. The summed E-state index contributed by atoms with van der Waals surface area (Å²) < 4.78 is 0. The number of piperazine rings is 1. The predicted octanol–water partition coefficient (Wildman–Crippen LogP) is 1.71. The Bertz CT molecular complexity index is 218. The lowest BCUT2D eigenvalue weighted by atomic mass is 9.78. The standard InChI is InChI=1S/C12H22N2S/c1-2-4-12(5-3-1)10-13-8-11-9-15-7-6-14(11)12/h11,13H,1-10H2. The molecule has 1 atom stereocenters. The molecule has 2 heterocycles. The average molecular weight is 226 g/mol. The van der Waals surface area contributed by atoms with Crippen molar-refractivity contribution in [3.8, 4) is 0 Å². The van der Waals surface area contributed by atoms with E-state index in [1.54, 1.807) is 0 Å². The van der Waals surface area contributed by atoms with Crippen LogP contribution in [0.2, 0.25) is 0 Å². The van der Waals surface area contributed by atoms with Crippen LogP contribution in [0.3, 0.4) is 0 Å². The third-order valence-corrected chi connectivity index (χ3v) is 5.55. The fourth-order valence-corrected chi connectivity index (χ4v) is 4.76. The molecule has 1 saturated carbocycles. The lowest BCUT2D eigenvalue weighted by Crippen LogP contribution is -2.68. The first-order valence-corrected chi connectivity index (χ1v) is 7.61. The van der Waals surface area contributed by atoms with Gasteiger partial charge in [-0.05, 0) is 12.8 Å². The van der Waals surface area contributed by atoms with Crippen molar-refractivity contribution >= 4 is 11.8 Å². The molecule has 3 heteroatoms. The van der Waals surface area contributed by atoms with Gasteiger partial charge in [0, 0.05) is 42.7 Å². The van der Waals surface area contributed by atoms with Crippen molar-refractivity contribution < 1.29 is 0 Å². The molecule has 2 nitrogen and oxygen atoms in total. The maximum absolute atomic E-state index is 3.69. The highest BCUT2D eigenvalue weighted by Gasteiger charge is 2.44. The van der Waals surface area contributed by atoms with Crippen molar-refractivity contribution in [3.63, 3.8) is 0 Å². The molecule has 1 aliphatic carbocycles. The first-order chi connectivity index (χ1) is 7.41. The molecule has 1 unspecified atom stereocenters. The lowest BCUT2D eigenvalue weighted by Gasteiger charge is -2.55. The molecule has 1 spiro atoms. The number of thioether (sulfide) groups is 1. The van der Waals surface area contributed by atoms with Crippen LogP contribution >= 0.6 is 11.8 Å². The topological polar surface area (TPSA) is 15.3 Å². The Labute approximate surface area is 97.2 Å². The van der Waals surface area contributed by atoms with Gasteiger partial charge in [0.05, 0.1) is 0 Å². The largest absolute Gasteiger partial charge is 0.313 e. The smallest absolute Gasteiger partial charge is 0.0338 e. The van der Waals surface area contributed by atoms with E-state index in [2.05, 4.69) is 22.0 Å². The molecule has 3 rings (SSSR count). The van der Waals surface area contributed by atoms with Gasteiger partial charge >= 0.3 is 0 Å². The normalized spacial score (nSPS) is 36.4. The van der Waals surface area contributed by atoms with Crippen molar-refractivity contribution in [1.29, 1.82) is 0 Å². The summed E-state index contributed by atoms with van der Waals surface area (Å²) in [5, 5.41) is 3.69. The summed E-state index contributed by atoms with van der Waals surface area (Å²) in [7, 11) is 0. The Morgan fingerprint density at radius 2 is 2.07 bits per heavy atom. The van der Waals surface area contributed by atoms with Gasteiger partial charge in [0.2, 0.25) is 0 Å². The third-order valence-electron chi connectivity index (χ3n) is 4.46. The zero-order chi connectivity index (χ0) is 10.1. The summed E-state index contributed by atoms with van der Waals surface area (Å²) in [4.78, 5) is 2.87. The summed E-state index contributed by atoms with van der Waals surface area (Å²) in [6.45, 7) is 3.83. The van der Waals surface area contributed by atoms with Crippen LogP contribution in [0, 0.1) is 0 Å². The molecule has 86 valence electrons. The molecule has 2 aliphatic heterocycles. The predicted molar refractivity (Wildman–Crippen MR) is 66.5 cm³/mol. The second-order valence-electron chi connectivity index (χ2n) is 5.34. The number of nitrogens with zero attached hydrogens (tertiary/aromatic N) is 1. The average Bonchev–Trinajstić information content (AvgIpc) is 2.31. The van der Waals surface area contributed by atoms with Gasteiger partial charge in [0.1, 0.15) is 0 Å². The van der Waals surface area contributed by atoms with E-state index >= 15 is 0 Å². The van der Waals surface area contributed by atoms with Crippen molar-refractivity contribution in [1.82, 2.24) is 10.2 Å². The first kappa shape index (κ1) is 10.4. The van der Waals surface area contributed by atoms with E-state index < -0.39 is 0 Å². The van der Waals surface area contributed by atoms with E-state index in [1.165, 1.54) is 63.2 Å². The minimum atomic E-state index is 0.558. The van der Waals surface area contributed by atoms with Gasteiger partial charge in [-0.25, -0.2) is 0 Å². The molecule has 3 aliphatic rings. The molecule has 0 bridgehead atoms. The molecular weight excluding hydrogens is 204 g/mol. The van der Waals surface area contributed by atoms with Crippen LogP contribution < -0.4 is 5.32 Å². The number of nitrogens with one attached hydrogen (secondary N) is 1. The molecular formula is C12H22N2S. The molecule has 0 radical (unpaired) electrons. The van der Waals surface area contributed by atoms with E-state index in [0.29, 0.717) is 5.54 Å². The first-order valence-electron chi connectivity index (χ1n) is 6.46. The number of hydrogen-bond donors (Lipinski definition) is 1. The molecule has 1 N–H and O–H groups in total. The van der Waals surface area contributed by atoms with Gasteiger partial charge in [0.15, 0.2) is 0 Å². The molecule has 0 aromatic heterocycles. The van der Waals surface area contributed by atoms with Gasteiger partial charge in [-0.1, -0.05) is 19.3 Å². The van der Waals surface area contributed by atoms with Crippen LogP contribution in [-0.2, 0) is 0 Å². The summed E-state index contributed by atoms with van der Waals surface area (Å²) in [5.41, 5.74) is 0.558. The maximum atomic E-state index is 3.69. The monoisotopic (exact) mass is 226 g/mol. The Morgan fingerprint density at radius 1 is 1.20 bits per heavy atom. The zero-order valence-corrected chi connectivity index (χ0v) is 10.3. The van der Waals surface area contributed by atoms with Gasteiger partial charge in [0.25, 0.3) is 0 Å². The SMILES string of the molecule is C1CCC2(CC1)CNCC1CSCCN12. The van der Waals surface area contributed by atoms with Gasteiger partial charge in [-0.15, -0.1) is 0 Å². The zero-order valence-electron chi connectivity index (χ0n) is 9.50. The molecule has 3 fully saturated rings. The Hall–Kier alpha value is 0.270. The van der Waals surface area contributed by atoms with Gasteiger partial charge < -0.3 is 5.32 Å². The molecule has 2 saturated heterocycles. The second-order valence-corrected chi connectivity index (χ2v) is 6.49. The maximum Gasteiger partial charge on any atom is 0.0338 e. The van der Waals surface area contributed by atoms with Crippen LogP contribution in [0.5, 0.6) is 0 Å². The van der Waals surface area contributed by atoms with E-state index in [1.807, 2.05) is 0 Å². The van der Waals surface area contributed by atoms with Crippen LogP contribution in [0.25, 0.3) is 0 Å². The summed E-state index contributed by atoms with van der Waals surface area (Å²) in [6.07, 6.45) is 7.27. The minimum Gasteiger partial charge on any atom is -0.313 e. The van der Waals surface area contributed by atoms with Gasteiger partial charge in [-0.3, -0.25) is 4.90 Å². The van der Waals surface area contributed by atoms with E-state index in [-0.39, 0.29) is 0 Å². The van der Waals surface area contributed by atoms with Crippen molar-refractivity contribution in [2.75, 3.05) is 31.1 Å². The highest BCUT2D eigenvalue weighted by molar-refractivity contribution is 7.99. The third kappa shape index (κ3) is 1.83. The van der Waals surface area contributed by atoms with Gasteiger partial charge in [-0.2, -0.15) is 11.8 Å². The van der Waals surface area contributed by atoms with Crippen LogP contribution in [0.1, 0.15) is 32.1 Å². The summed E-state index contributed by atoms with van der Waals surface area (Å²) in [6, 6.07) is 0.829. The number of rotatable bonds is 0. The fraction of sp³-hybridized carbons (Fsp3) is 1.00. The fourth-order valence-electron chi connectivity index (χ4n) is 3.70. The Morgan fingerprint density at radius 3 is 2.93 bits per heavy atom. The van der Waals surface area contributed by atoms with E-state index in [0.717, 1.165) is 6.04 Å². The van der Waals surface area contributed by atoms with Crippen LogP contribution in [0.4, 0.5) is 0 Å². The molecule has 0 aromatic rings. The number of fused-ring (bicyclic) bond motifs is 2. The Kier molecular flexibility index (Phi) is 2.97.